The van der Waals surface area contributed by atoms with E-state index >= 15 is 0 Å². The molecular formula is C16H15N3O3. The summed E-state index contributed by atoms with van der Waals surface area (Å²) in [6.07, 6.45) is 1.57. The van der Waals surface area contributed by atoms with E-state index in [-0.39, 0.29) is 17.9 Å². The molecule has 3 heterocycles. The van der Waals surface area contributed by atoms with Gasteiger partial charge in [-0.3, -0.25) is 14.9 Å². The van der Waals surface area contributed by atoms with Gasteiger partial charge in [-0.05, 0) is 17.7 Å². The van der Waals surface area contributed by atoms with E-state index in [0.717, 1.165) is 5.56 Å². The van der Waals surface area contributed by atoms with Crippen molar-refractivity contribution in [1.29, 1.82) is 0 Å². The van der Waals surface area contributed by atoms with E-state index in [2.05, 4.69) is 10.7 Å². The molecule has 0 aliphatic carbocycles. The van der Waals surface area contributed by atoms with Crippen LogP contribution in [-0.2, 0) is 16.1 Å². The highest BCUT2D eigenvalue weighted by molar-refractivity contribution is 6.07. The largest absolute Gasteiger partial charge is 0.468 e. The second-order valence-electron chi connectivity index (χ2n) is 5.56. The summed E-state index contributed by atoms with van der Waals surface area (Å²) in [7, 11) is 0. The number of imide groups is 1. The third-order valence-electron chi connectivity index (χ3n) is 4.20. The van der Waals surface area contributed by atoms with Gasteiger partial charge < -0.3 is 4.42 Å². The van der Waals surface area contributed by atoms with E-state index in [1.54, 1.807) is 12.3 Å². The minimum Gasteiger partial charge on any atom is -0.468 e. The molecule has 2 aliphatic heterocycles. The first-order valence-electron chi connectivity index (χ1n) is 7.19. The first-order valence-corrected chi connectivity index (χ1v) is 7.19. The average molecular weight is 297 g/mol. The van der Waals surface area contributed by atoms with Gasteiger partial charge in [0.15, 0.2) is 0 Å². The number of amides is 2. The second-order valence-corrected chi connectivity index (χ2v) is 5.56. The van der Waals surface area contributed by atoms with Gasteiger partial charge in [0.25, 0.3) is 0 Å². The number of hydrogen-bond donors (Lipinski definition) is 2. The molecule has 3 unspecified atom stereocenters. The van der Waals surface area contributed by atoms with Crippen LogP contribution in [0.5, 0.6) is 0 Å². The van der Waals surface area contributed by atoms with Gasteiger partial charge in [-0.15, -0.1) is 0 Å². The SMILES string of the molecule is O=C1NC(=O)C2C1C(c1ccco1)NN2Cc1ccccc1. The number of carbonyl (C=O) groups is 2. The van der Waals surface area contributed by atoms with Crippen molar-refractivity contribution in [1.82, 2.24) is 15.8 Å². The van der Waals surface area contributed by atoms with E-state index in [1.807, 2.05) is 41.4 Å². The molecule has 3 atom stereocenters. The number of furan rings is 1. The van der Waals surface area contributed by atoms with Gasteiger partial charge in [0.2, 0.25) is 11.8 Å². The predicted octanol–water partition coefficient (Wildman–Crippen LogP) is 0.982. The Morgan fingerprint density at radius 1 is 1.05 bits per heavy atom. The predicted molar refractivity (Wildman–Crippen MR) is 77.0 cm³/mol. The van der Waals surface area contributed by atoms with Crippen LogP contribution in [0.4, 0.5) is 0 Å². The molecule has 2 fully saturated rings. The maximum atomic E-state index is 12.1. The average Bonchev–Trinajstić information content (AvgIpc) is 3.20. The van der Waals surface area contributed by atoms with E-state index < -0.39 is 12.0 Å². The quantitative estimate of drug-likeness (QED) is 0.826. The summed E-state index contributed by atoms with van der Waals surface area (Å²) in [5, 5.41) is 4.25. The number of rotatable bonds is 3. The van der Waals surface area contributed by atoms with E-state index in [0.29, 0.717) is 12.3 Å². The zero-order valence-corrected chi connectivity index (χ0v) is 11.7. The number of fused-ring (bicyclic) bond motifs is 1. The Kier molecular flexibility index (Phi) is 3.06. The fraction of sp³-hybridized carbons (Fsp3) is 0.250. The number of hydrazine groups is 1. The molecule has 4 rings (SSSR count). The van der Waals surface area contributed by atoms with Crippen LogP contribution >= 0.6 is 0 Å². The maximum Gasteiger partial charge on any atom is 0.246 e. The Bertz CT molecular complexity index is 699. The Hall–Kier alpha value is -2.44. The number of carbonyl (C=O) groups excluding carboxylic acids is 2. The fourth-order valence-electron chi connectivity index (χ4n) is 3.23. The highest BCUT2D eigenvalue weighted by Crippen LogP contribution is 2.37. The minimum absolute atomic E-state index is 0.250. The molecule has 2 N–H and O–H groups in total. The Morgan fingerprint density at radius 3 is 2.59 bits per heavy atom. The van der Waals surface area contributed by atoms with Crippen LogP contribution in [0.15, 0.2) is 53.1 Å². The highest BCUT2D eigenvalue weighted by Gasteiger charge is 2.55. The van der Waals surface area contributed by atoms with Crippen LogP contribution in [0.1, 0.15) is 17.4 Å². The highest BCUT2D eigenvalue weighted by atomic mass is 16.3. The number of nitrogens with one attached hydrogen (secondary N) is 2. The summed E-state index contributed by atoms with van der Waals surface area (Å²) < 4.78 is 5.43. The van der Waals surface area contributed by atoms with Crippen molar-refractivity contribution in [2.24, 2.45) is 5.92 Å². The zero-order valence-electron chi connectivity index (χ0n) is 11.7. The molecule has 2 aliphatic rings. The monoisotopic (exact) mass is 297 g/mol. The van der Waals surface area contributed by atoms with Gasteiger partial charge in [-0.1, -0.05) is 30.3 Å². The lowest BCUT2D eigenvalue weighted by molar-refractivity contribution is -0.127. The van der Waals surface area contributed by atoms with Gasteiger partial charge in [0, 0.05) is 6.54 Å². The summed E-state index contributed by atoms with van der Waals surface area (Å²) in [6, 6.07) is 12.6. The van der Waals surface area contributed by atoms with Crippen LogP contribution in [-0.4, -0.2) is 22.9 Å². The summed E-state index contributed by atoms with van der Waals surface area (Å²) >= 11 is 0. The standard InChI is InChI=1S/C16H15N3O3/c20-15-12-13(11-7-4-8-22-11)18-19(14(12)16(21)17-15)9-10-5-2-1-3-6-10/h1-8,12-14,18H,9H2,(H,17,20,21). The molecule has 1 aromatic carbocycles. The van der Waals surface area contributed by atoms with Crippen LogP contribution in [0.25, 0.3) is 0 Å². The summed E-state index contributed by atoms with van der Waals surface area (Å²) in [5.41, 5.74) is 4.33. The Balaban J connectivity index is 1.65. The van der Waals surface area contributed by atoms with Gasteiger partial charge in [0.05, 0.1) is 18.2 Å². The molecule has 0 saturated carbocycles. The minimum atomic E-state index is -0.511. The van der Waals surface area contributed by atoms with Crippen LogP contribution in [0, 0.1) is 5.92 Å². The molecule has 22 heavy (non-hydrogen) atoms. The summed E-state index contributed by atoms with van der Waals surface area (Å²) in [6.45, 7) is 0.542. The van der Waals surface area contributed by atoms with Crippen molar-refractivity contribution < 1.29 is 14.0 Å². The van der Waals surface area contributed by atoms with Gasteiger partial charge in [0.1, 0.15) is 11.8 Å². The third-order valence-corrected chi connectivity index (χ3v) is 4.20. The van der Waals surface area contributed by atoms with Gasteiger partial charge in [-0.25, -0.2) is 10.4 Å². The van der Waals surface area contributed by atoms with E-state index in [4.69, 9.17) is 4.42 Å². The molecule has 0 bridgehead atoms. The first-order chi connectivity index (χ1) is 10.7. The first kappa shape index (κ1) is 13.2. The maximum absolute atomic E-state index is 12.1. The topological polar surface area (TPSA) is 74.6 Å². The van der Waals surface area contributed by atoms with Gasteiger partial charge in [-0.2, -0.15) is 0 Å². The second kappa shape index (κ2) is 5.08. The lowest BCUT2D eigenvalue weighted by Crippen LogP contribution is -2.43. The lowest BCUT2D eigenvalue weighted by atomic mass is 9.94. The van der Waals surface area contributed by atoms with Crippen LogP contribution in [0.2, 0.25) is 0 Å². The smallest absolute Gasteiger partial charge is 0.246 e. The van der Waals surface area contributed by atoms with Crippen molar-refractivity contribution in [3.05, 3.63) is 60.1 Å². The molecule has 2 amide bonds. The molecule has 0 radical (unpaired) electrons. The van der Waals surface area contributed by atoms with E-state index in [1.165, 1.54) is 0 Å². The molecule has 6 heteroatoms. The van der Waals surface area contributed by atoms with Crippen LogP contribution in [0.3, 0.4) is 0 Å². The molecule has 1 aromatic heterocycles. The van der Waals surface area contributed by atoms with E-state index in [9.17, 15) is 9.59 Å². The van der Waals surface area contributed by atoms with Crippen molar-refractivity contribution in [3.63, 3.8) is 0 Å². The summed E-state index contributed by atoms with van der Waals surface area (Å²) in [5.74, 6) is -0.315. The van der Waals surface area contributed by atoms with Crippen molar-refractivity contribution in [3.8, 4) is 0 Å². The molecule has 6 nitrogen and oxygen atoms in total. The molecule has 112 valence electrons. The molecule has 2 aromatic rings. The Morgan fingerprint density at radius 2 is 1.86 bits per heavy atom. The van der Waals surface area contributed by atoms with Crippen molar-refractivity contribution in [2.75, 3.05) is 0 Å². The number of benzene rings is 1. The number of nitrogens with zero attached hydrogens (tertiary/aromatic N) is 1. The molecule has 0 spiro atoms. The number of hydrogen-bond acceptors (Lipinski definition) is 5. The van der Waals surface area contributed by atoms with Crippen LogP contribution < -0.4 is 10.7 Å². The summed E-state index contributed by atoms with van der Waals surface area (Å²) in [4.78, 5) is 24.3. The third kappa shape index (κ3) is 2.04. The molecule has 2 saturated heterocycles. The van der Waals surface area contributed by atoms with Gasteiger partial charge >= 0.3 is 0 Å². The normalized spacial score (nSPS) is 27.9. The van der Waals surface area contributed by atoms with Crippen molar-refractivity contribution in [2.45, 2.75) is 18.6 Å². The Labute approximate surface area is 127 Å². The molecular weight excluding hydrogens is 282 g/mol. The zero-order chi connectivity index (χ0) is 15.1. The lowest BCUT2D eigenvalue weighted by Gasteiger charge is -2.21. The fourth-order valence-corrected chi connectivity index (χ4v) is 3.23. The van der Waals surface area contributed by atoms with Crippen molar-refractivity contribution >= 4 is 11.8 Å².